The van der Waals surface area contributed by atoms with Crippen LogP contribution in [0.2, 0.25) is 5.02 Å². The standard InChI is InChI=1S/C24H24ClN3O3/c1-31-12-4-11-27-14-21(29)28-20(24(27)30)13-18-17-5-2-3-6-19(17)26-22(18)23(28)15-7-9-16(25)10-8-15/h2-3,5-10,20,23,26H,4,11-14H2,1H3. The summed E-state index contributed by atoms with van der Waals surface area (Å²) in [5, 5.41) is 1.74. The number of nitrogens with one attached hydrogen (secondary N) is 1. The van der Waals surface area contributed by atoms with Gasteiger partial charge in [-0.25, -0.2) is 0 Å². The predicted molar refractivity (Wildman–Crippen MR) is 119 cm³/mol. The number of methoxy groups -OCH3 is 1. The number of ether oxygens (including phenoxy) is 1. The van der Waals surface area contributed by atoms with Gasteiger partial charge in [0.25, 0.3) is 0 Å². The van der Waals surface area contributed by atoms with Crippen LogP contribution in [0.1, 0.15) is 29.3 Å². The second kappa shape index (κ2) is 8.02. The summed E-state index contributed by atoms with van der Waals surface area (Å²) in [6, 6.07) is 14.8. The van der Waals surface area contributed by atoms with Crippen LogP contribution in [-0.4, -0.2) is 59.4 Å². The van der Waals surface area contributed by atoms with Crippen LogP contribution in [-0.2, 0) is 20.7 Å². The van der Waals surface area contributed by atoms with Crippen molar-refractivity contribution in [1.29, 1.82) is 0 Å². The lowest BCUT2D eigenvalue weighted by Gasteiger charge is -2.47. The third kappa shape index (κ3) is 3.40. The quantitative estimate of drug-likeness (QED) is 0.621. The van der Waals surface area contributed by atoms with Gasteiger partial charge >= 0.3 is 0 Å². The van der Waals surface area contributed by atoms with Gasteiger partial charge in [0.1, 0.15) is 6.04 Å². The highest BCUT2D eigenvalue weighted by molar-refractivity contribution is 6.30. The van der Waals surface area contributed by atoms with E-state index in [1.165, 1.54) is 0 Å². The van der Waals surface area contributed by atoms with Gasteiger partial charge in [-0.05, 0) is 35.7 Å². The average Bonchev–Trinajstić information content (AvgIpc) is 3.15. The van der Waals surface area contributed by atoms with E-state index in [9.17, 15) is 9.59 Å². The van der Waals surface area contributed by atoms with E-state index in [4.69, 9.17) is 16.3 Å². The molecule has 0 saturated carbocycles. The lowest BCUT2D eigenvalue weighted by molar-refractivity contribution is -0.158. The van der Waals surface area contributed by atoms with Crippen molar-refractivity contribution in [3.8, 4) is 0 Å². The number of piperazine rings is 1. The molecule has 31 heavy (non-hydrogen) atoms. The van der Waals surface area contributed by atoms with Gasteiger partial charge < -0.3 is 19.5 Å². The highest BCUT2D eigenvalue weighted by atomic mass is 35.5. The van der Waals surface area contributed by atoms with E-state index in [-0.39, 0.29) is 24.4 Å². The molecule has 160 valence electrons. The average molecular weight is 438 g/mol. The molecule has 0 spiro atoms. The van der Waals surface area contributed by atoms with Crippen LogP contribution < -0.4 is 0 Å². The fraction of sp³-hybridized carbons (Fsp3) is 0.333. The van der Waals surface area contributed by atoms with Crippen molar-refractivity contribution in [3.63, 3.8) is 0 Å². The molecule has 1 N–H and O–H groups in total. The first-order valence-electron chi connectivity index (χ1n) is 10.5. The minimum Gasteiger partial charge on any atom is -0.385 e. The van der Waals surface area contributed by atoms with Gasteiger partial charge in [0.15, 0.2) is 0 Å². The Morgan fingerprint density at radius 3 is 2.68 bits per heavy atom. The van der Waals surface area contributed by atoms with Crippen LogP contribution in [0, 0.1) is 0 Å². The van der Waals surface area contributed by atoms with E-state index in [1.54, 1.807) is 16.9 Å². The van der Waals surface area contributed by atoms with Gasteiger partial charge in [0, 0.05) is 48.3 Å². The maximum atomic E-state index is 13.5. The summed E-state index contributed by atoms with van der Waals surface area (Å²) in [5.74, 6) is -0.0307. The summed E-state index contributed by atoms with van der Waals surface area (Å²) < 4.78 is 5.12. The Kier molecular flexibility index (Phi) is 5.20. The highest BCUT2D eigenvalue weighted by Crippen LogP contribution is 2.42. The van der Waals surface area contributed by atoms with E-state index in [2.05, 4.69) is 11.1 Å². The first-order chi connectivity index (χ1) is 15.1. The van der Waals surface area contributed by atoms with E-state index in [0.29, 0.717) is 31.0 Å². The molecular weight excluding hydrogens is 414 g/mol. The van der Waals surface area contributed by atoms with Crippen molar-refractivity contribution >= 4 is 34.3 Å². The number of rotatable bonds is 5. The molecule has 1 aromatic heterocycles. The van der Waals surface area contributed by atoms with Crippen molar-refractivity contribution in [2.45, 2.75) is 24.9 Å². The van der Waals surface area contributed by atoms with E-state index >= 15 is 0 Å². The smallest absolute Gasteiger partial charge is 0.246 e. The molecule has 1 saturated heterocycles. The molecule has 2 unspecified atom stereocenters. The first-order valence-corrected chi connectivity index (χ1v) is 10.9. The maximum absolute atomic E-state index is 13.5. The second-order valence-corrected chi connectivity index (χ2v) is 8.58. The lowest BCUT2D eigenvalue weighted by atomic mass is 9.86. The number of amides is 2. The van der Waals surface area contributed by atoms with Gasteiger partial charge in [0.05, 0.1) is 12.6 Å². The van der Waals surface area contributed by atoms with Crippen LogP contribution in [0.5, 0.6) is 0 Å². The largest absolute Gasteiger partial charge is 0.385 e. The number of H-pyrrole nitrogens is 1. The summed E-state index contributed by atoms with van der Waals surface area (Å²) in [6.45, 7) is 1.18. The van der Waals surface area contributed by atoms with Crippen LogP contribution in [0.15, 0.2) is 48.5 Å². The molecule has 2 atom stereocenters. The SMILES string of the molecule is COCCCN1CC(=O)N2C(Cc3c([nH]c4ccccc34)C2c2ccc(Cl)cc2)C1=O. The molecule has 0 aliphatic carbocycles. The third-order valence-corrected chi connectivity index (χ3v) is 6.56. The molecule has 1 fully saturated rings. The Balaban J connectivity index is 1.61. The van der Waals surface area contributed by atoms with Gasteiger partial charge in [-0.15, -0.1) is 0 Å². The summed E-state index contributed by atoms with van der Waals surface area (Å²) >= 11 is 6.12. The molecule has 2 aliphatic rings. The minimum atomic E-state index is -0.517. The number of fused-ring (bicyclic) bond motifs is 4. The first kappa shape index (κ1) is 20.1. The van der Waals surface area contributed by atoms with Crippen LogP contribution in [0.25, 0.3) is 10.9 Å². The number of hydrogen-bond donors (Lipinski definition) is 1. The van der Waals surface area contributed by atoms with Crippen molar-refractivity contribution in [2.75, 3.05) is 26.8 Å². The molecule has 0 radical (unpaired) electrons. The minimum absolute atomic E-state index is 0.00518. The Hall–Kier alpha value is -2.83. The maximum Gasteiger partial charge on any atom is 0.246 e. The van der Waals surface area contributed by atoms with Gasteiger partial charge in [0.2, 0.25) is 11.8 Å². The summed E-state index contributed by atoms with van der Waals surface area (Å²) in [7, 11) is 1.64. The number of nitrogens with zero attached hydrogens (tertiary/aromatic N) is 2. The van der Waals surface area contributed by atoms with Crippen LogP contribution in [0.3, 0.4) is 0 Å². The van der Waals surface area contributed by atoms with Gasteiger partial charge in [-0.3, -0.25) is 9.59 Å². The Morgan fingerprint density at radius 1 is 1.13 bits per heavy atom. The van der Waals surface area contributed by atoms with E-state index in [1.807, 2.05) is 42.5 Å². The monoisotopic (exact) mass is 437 g/mol. The fourth-order valence-corrected chi connectivity index (χ4v) is 5.03. The van der Waals surface area contributed by atoms with Crippen molar-refractivity contribution in [2.24, 2.45) is 0 Å². The lowest BCUT2D eigenvalue weighted by Crippen LogP contribution is -2.63. The Bertz CT molecular complexity index is 1140. The predicted octanol–water partition coefficient (Wildman–Crippen LogP) is 3.54. The zero-order valence-electron chi connectivity index (χ0n) is 17.3. The normalized spacial score (nSPS) is 20.8. The topological polar surface area (TPSA) is 65.6 Å². The zero-order chi connectivity index (χ0) is 21.5. The van der Waals surface area contributed by atoms with E-state index < -0.39 is 6.04 Å². The van der Waals surface area contributed by atoms with Crippen LogP contribution >= 0.6 is 11.6 Å². The summed E-state index contributed by atoms with van der Waals surface area (Å²) in [4.78, 5) is 33.8. The van der Waals surface area contributed by atoms with Crippen molar-refractivity contribution < 1.29 is 14.3 Å². The third-order valence-electron chi connectivity index (χ3n) is 6.30. The molecular formula is C24H24ClN3O3. The number of aromatic amines is 1. The van der Waals surface area contributed by atoms with Crippen LogP contribution in [0.4, 0.5) is 0 Å². The van der Waals surface area contributed by atoms with Crippen molar-refractivity contribution in [1.82, 2.24) is 14.8 Å². The molecule has 0 bridgehead atoms. The molecule has 3 aromatic rings. The Labute approximate surface area is 185 Å². The molecule has 6 nitrogen and oxygen atoms in total. The van der Waals surface area contributed by atoms with Gasteiger partial charge in [-0.2, -0.15) is 0 Å². The molecule has 2 aromatic carbocycles. The zero-order valence-corrected chi connectivity index (χ0v) is 18.1. The number of para-hydroxylation sites is 1. The summed E-state index contributed by atoms with van der Waals surface area (Å²) in [5.41, 5.74) is 4.05. The van der Waals surface area contributed by atoms with E-state index in [0.717, 1.165) is 27.7 Å². The number of aromatic nitrogens is 1. The molecule has 5 rings (SSSR count). The second-order valence-electron chi connectivity index (χ2n) is 8.14. The fourth-order valence-electron chi connectivity index (χ4n) is 4.90. The number of benzene rings is 2. The number of carbonyl (C=O) groups is 2. The highest BCUT2D eigenvalue weighted by Gasteiger charge is 2.47. The molecule has 7 heteroatoms. The molecule has 2 aliphatic heterocycles. The van der Waals surface area contributed by atoms with Crippen molar-refractivity contribution in [3.05, 3.63) is 70.4 Å². The number of carbonyl (C=O) groups excluding carboxylic acids is 2. The molecule has 3 heterocycles. The number of hydrogen-bond acceptors (Lipinski definition) is 3. The number of halogens is 1. The molecule has 2 amide bonds. The summed E-state index contributed by atoms with van der Waals surface area (Å²) in [6.07, 6.45) is 1.22. The van der Waals surface area contributed by atoms with Gasteiger partial charge in [-0.1, -0.05) is 41.9 Å². The Morgan fingerprint density at radius 2 is 1.90 bits per heavy atom.